The molecule has 0 aliphatic carbocycles. The molecule has 1 heterocycles. The molecule has 1 aliphatic rings. The monoisotopic (exact) mass is 284 g/mol. The highest BCUT2D eigenvalue weighted by Gasteiger charge is 2.73. The van der Waals surface area contributed by atoms with Crippen LogP contribution in [0.25, 0.3) is 0 Å². The number of carbonyl (C=O) groups is 1. The predicted octanol–water partition coefficient (Wildman–Crippen LogP) is 3.23. The third-order valence-corrected chi connectivity index (χ3v) is 3.97. The first-order valence-electron chi connectivity index (χ1n) is 6.66. The molecule has 0 amide bonds. The van der Waals surface area contributed by atoms with Gasteiger partial charge in [0.1, 0.15) is 17.2 Å². The fourth-order valence-corrected chi connectivity index (χ4v) is 2.65. The Hall–Kier alpha value is -1.49. The predicted molar refractivity (Wildman–Crippen MR) is 69.2 cm³/mol. The average Bonchev–Trinajstić information content (AvgIpc) is 3.02. The minimum absolute atomic E-state index is 0.0514. The van der Waals surface area contributed by atoms with E-state index >= 15 is 0 Å². The first-order valence-corrected chi connectivity index (χ1v) is 6.66. The third kappa shape index (κ3) is 1.92. The summed E-state index contributed by atoms with van der Waals surface area (Å²) in [5.74, 6) is -1.64. The van der Waals surface area contributed by atoms with Crippen LogP contribution in [0.2, 0.25) is 0 Å². The number of ether oxygens (including phenoxy) is 2. The van der Waals surface area contributed by atoms with Gasteiger partial charge in [0.15, 0.2) is 5.60 Å². The van der Waals surface area contributed by atoms with Crippen molar-refractivity contribution in [3.8, 4) is 0 Å². The number of halogens is 2. The fourth-order valence-electron chi connectivity index (χ4n) is 2.65. The SMILES string of the molecule is CCOC(=O)C1(CC)OC1(C)c1cc(F)c(C)cc1F. The molecular weight excluding hydrogens is 266 g/mol. The van der Waals surface area contributed by atoms with Gasteiger partial charge in [0.05, 0.1) is 6.61 Å². The van der Waals surface area contributed by atoms with E-state index in [2.05, 4.69) is 0 Å². The second kappa shape index (κ2) is 4.81. The summed E-state index contributed by atoms with van der Waals surface area (Å²) in [4.78, 5) is 12.0. The van der Waals surface area contributed by atoms with Gasteiger partial charge in [-0.1, -0.05) is 6.92 Å². The quantitative estimate of drug-likeness (QED) is 0.629. The Morgan fingerprint density at radius 3 is 2.50 bits per heavy atom. The standard InChI is InChI=1S/C15H18F2O3/c1-5-15(13(18)19-6-2)14(4,20-15)10-8-11(16)9(3)7-12(10)17/h7-8H,5-6H2,1-4H3. The molecule has 1 aromatic carbocycles. The van der Waals surface area contributed by atoms with Crippen molar-refractivity contribution in [1.29, 1.82) is 0 Å². The molecule has 0 bridgehead atoms. The molecule has 0 N–H and O–H groups in total. The highest BCUT2D eigenvalue weighted by atomic mass is 19.1. The third-order valence-electron chi connectivity index (χ3n) is 3.97. The van der Waals surface area contributed by atoms with E-state index in [1.54, 1.807) is 20.8 Å². The number of esters is 1. The summed E-state index contributed by atoms with van der Waals surface area (Å²) < 4.78 is 38.3. The molecule has 5 heteroatoms. The minimum atomic E-state index is -1.23. The van der Waals surface area contributed by atoms with E-state index in [-0.39, 0.29) is 17.7 Å². The summed E-state index contributed by atoms with van der Waals surface area (Å²) in [5.41, 5.74) is -2.15. The van der Waals surface area contributed by atoms with Crippen LogP contribution in [0.1, 0.15) is 38.3 Å². The van der Waals surface area contributed by atoms with E-state index in [4.69, 9.17) is 9.47 Å². The highest BCUT2D eigenvalue weighted by molar-refractivity contribution is 5.85. The number of epoxide rings is 1. The number of hydrogen-bond acceptors (Lipinski definition) is 3. The van der Waals surface area contributed by atoms with Crippen molar-refractivity contribution in [3.05, 3.63) is 34.9 Å². The van der Waals surface area contributed by atoms with Crippen molar-refractivity contribution in [2.75, 3.05) is 6.61 Å². The normalized spacial score (nSPS) is 28.3. The second-order valence-electron chi connectivity index (χ2n) is 5.12. The van der Waals surface area contributed by atoms with Crippen LogP contribution in [-0.4, -0.2) is 18.2 Å². The molecule has 3 nitrogen and oxygen atoms in total. The summed E-state index contributed by atoms with van der Waals surface area (Å²) in [5, 5.41) is 0. The van der Waals surface area contributed by atoms with E-state index in [1.807, 2.05) is 0 Å². The molecule has 0 radical (unpaired) electrons. The first kappa shape index (κ1) is 14.9. The molecule has 1 aliphatic heterocycles. The van der Waals surface area contributed by atoms with Crippen LogP contribution >= 0.6 is 0 Å². The van der Waals surface area contributed by atoms with E-state index in [0.717, 1.165) is 12.1 Å². The van der Waals surface area contributed by atoms with Crippen LogP contribution in [0.15, 0.2) is 12.1 Å². The number of aryl methyl sites for hydroxylation is 1. The van der Waals surface area contributed by atoms with Gasteiger partial charge in [-0.25, -0.2) is 13.6 Å². The molecule has 1 fully saturated rings. The Morgan fingerprint density at radius 1 is 1.30 bits per heavy atom. The molecule has 1 saturated heterocycles. The van der Waals surface area contributed by atoms with Crippen LogP contribution < -0.4 is 0 Å². The summed E-state index contributed by atoms with van der Waals surface area (Å²) in [6.45, 7) is 6.72. The maximum atomic E-state index is 14.1. The van der Waals surface area contributed by atoms with Gasteiger partial charge in [0.25, 0.3) is 0 Å². The lowest BCUT2D eigenvalue weighted by Gasteiger charge is -2.15. The zero-order valence-corrected chi connectivity index (χ0v) is 12.0. The van der Waals surface area contributed by atoms with Crippen LogP contribution in [0, 0.1) is 18.6 Å². The summed E-state index contributed by atoms with van der Waals surface area (Å²) in [6, 6.07) is 2.21. The van der Waals surface area contributed by atoms with Crippen LogP contribution in [0.3, 0.4) is 0 Å². The maximum Gasteiger partial charge on any atom is 0.341 e. The second-order valence-corrected chi connectivity index (χ2v) is 5.12. The Bertz CT molecular complexity index is 558. The van der Waals surface area contributed by atoms with Gasteiger partial charge in [0.2, 0.25) is 0 Å². The molecular formula is C15H18F2O3. The average molecular weight is 284 g/mol. The van der Waals surface area contributed by atoms with Crippen molar-refractivity contribution in [2.24, 2.45) is 0 Å². The van der Waals surface area contributed by atoms with Crippen molar-refractivity contribution in [1.82, 2.24) is 0 Å². The first-order chi connectivity index (χ1) is 9.32. The van der Waals surface area contributed by atoms with Crippen molar-refractivity contribution < 1.29 is 23.0 Å². The van der Waals surface area contributed by atoms with Crippen molar-refractivity contribution in [2.45, 2.75) is 45.3 Å². The van der Waals surface area contributed by atoms with Gasteiger partial charge >= 0.3 is 5.97 Å². The van der Waals surface area contributed by atoms with Gasteiger partial charge in [-0.3, -0.25) is 0 Å². The molecule has 0 spiro atoms. The van der Waals surface area contributed by atoms with Crippen LogP contribution in [0.5, 0.6) is 0 Å². The number of benzene rings is 1. The molecule has 1 aromatic rings. The molecule has 2 unspecified atom stereocenters. The number of hydrogen-bond donors (Lipinski definition) is 0. The summed E-state index contributed by atoms with van der Waals surface area (Å²) >= 11 is 0. The molecule has 2 rings (SSSR count). The van der Waals surface area contributed by atoms with Crippen molar-refractivity contribution >= 4 is 5.97 Å². The molecule has 20 heavy (non-hydrogen) atoms. The summed E-state index contributed by atoms with van der Waals surface area (Å²) in [7, 11) is 0. The van der Waals surface area contributed by atoms with Crippen molar-refractivity contribution in [3.63, 3.8) is 0 Å². The van der Waals surface area contributed by atoms with E-state index in [0.29, 0.717) is 6.42 Å². The van der Waals surface area contributed by atoms with Gasteiger partial charge in [-0.2, -0.15) is 0 Å². The lowest BCUT2D eigenvalue weighted by atomic mass is 9.85. The van der Waals surface area contributed by atoms with Crippen LogP contribution in [0.4, 0.5) is 8.78 Å². The molecule has 0 saturated carbocycles. The van der Waals surface area contributed by atoms with Gasteiger partial charge in [-0.15, -0.1) is 0 Å². The molecule has 0 aromatic heterocycles. The zero-order chi connectivity index (χ0) is 15.1. The van der Waals surface area contributed by atoms with Gasteiger partial charge in [-0.05, 0) is 44.9 Å². The minimum Gasteiger partial charge on any atom is -0.464 e. The molecule has 110 valence electrons. The van der Waals surface area contributed by atoms with E-state index < -0.39 is 28.8 Å². The van der Waals surface area contributed by atoms with Gasteiger partial charge < -0.3 is 9.47 Å². The Morgan fingerprint density at radius 2 is 1.95 bits per heavy atom. The van der Waals surface area contributed by atoms with E-state index in [1.165, 1.54) is 6.92 Å². The number of rotatable bonds is 4. The Labute approximate surface area is 116 Å². The fraction of sp³-hybridized carbons (Fsp3) is 0.533. The lowest BCUT2D eigenvalue weighted by Crippen LogP contribution is -2.33. The maximum absolute atomic E-state index is 14.1. The number of carbonyl (C=O) groups excluding carboxylic acids is 1. The smallest absolute Gasteiger partial charge is 0.341 e. The highest BCUT2D eigenvalue weighted by Crippen LogP contribution is 2.58. The Kier molecular flexibility index (Phi) is 3.58. The van der Waals surface area contributed by atoms with E-state index in [9.17, 15) is 13.6 Å². The Balaban J connectivity index is 2.44. The molecule has 2 atom stereocenters. The summed E-state index contributed by atoms with van der Waals surface area (Å²) in [6.07, 6.45) is 0.331. The largest absolute Gasteiger partial charge is 0.464 e. The van der Waals surface area contributed by atoms with Crippen LogP contribution in [-0.2, 0) is 19.9 Å². The van der Waals surface area contributed by atoms with Gasteiger partial charge in [0, 0.05) is 5.56 Å². The zero-order valence-electron chi connectivity index (χ0n) is 12.0. The topological polar surface area (TPSA) is 38.8 Å². The lowest BCUT2D eigenvalue weighted by molar-refractivity contribution is -0.149.